The normalized spacial score (nSPS) is 36.7. The van der Waals surface area contributed by atoms with Gasteiger partial charge >= 0.3 is 0 Å². The molecular weight excluding hydrogens is 244 g/mol. The molecule has 0 aliphatic carbocycles. The van der Waals surface area contributed by atoms with Crippen molar-refractivity contribution in [3.8, 4) is 0 Å². The van der Waals surface area contributed by atoms with E-state index in [0.717, 1.165) is 0 Å². The van der Waals surface area contributed by atoms with E-state index in [2.05, 4.69) is 0 Å². The van der Waals surface area contributed by atoms with E-state index in [0.29, 0.717) is 13.2 Å². The maximum atomic E-state index is 11.7. The Morgan fingerprint density at radius 2 is 1.94 bits per heavy atom. The third-order valence-corrected chi connectivity index (χ3v) is 4.61. The number of sulfone groups is 1. The number of aliphatic hydroxyl groups is 1. The molecule has 5 nitrogen and oxygen atoms in total. The summed E-state index contributed by atoms with van der Waals surface area (Å²) in [6.45, 7) is 2.18. The van der Waals surface area contributed by atoms with Gasteiger partial charge in [0.15, 0.2) is 9.84 Å². The highest BCUT2D eigenvalue weighted by Crippen LogP contribution is 2.31. The predicted octanol–water partition coefficient (Wildman–Crippen LogP) is 0.205. The quantitative estimate of drug-likeness (QED) is 0.785. The molecule has 1 N–H and O–H groups in total. The van der Waals surface area contributed by atoms with Gasteiger partial charge in [-0.05, 0) is 6.92 Å². The molecule has 1 aliphatic heterocycles. The zero-order valence-corrected chi connectivity index (χ0v) is 11.2. The summed E-state index contributed by atoms with van der Waals surface area (Å²) in [7, 11) is -0.293. The second-order valence-corrected chi connectivity index (χ2v) is 6.56. The topological polar surface area (TPSA) is 72.8 Å². The van der Waals surface area contributed by atoms with Crippen LogP contribution in [0.25, 0.3) is 0 Å². The van der Waals surface area contributed by atoms with Crippen molar-refractivity contribution in [3.05, 3.63) is 11.5 Å². The van der Waals surface area contributed by atoms with Gasteiger partial charge in [-0.1, -0.05) is 6.08 Å². The minimum atomic E-state index is -3.37. The maximum Gasteiger partial charge on any atom is 0.174 e. The summed E-state index contributed by atoms with van der Waals surface area (Å²) in [5.74, 6) is -0.765. The Kier molecular flexibility index (Phi) is 4.71. The lowest BCUT2D eigenvalue weighted by Crippen LogP contribution is -2.46. The predicted molar refractivity (Wildman–Crippen MR) is 64.3 cm³/mol. The van der Waals surface area contributed by atoms with Crippen LogP contribution in [0.3, 0.4) is 0 Å². The van der Waals surface area contributed by atoms with Crippen LogP contribution in [-0.4, -0.2) is 52.3 Å². The van der Waals surface area contributed by atoms with Crippen molar-refractivity contribution in [1.82, 2.24) is 0 Å². The summed E-state index contributed by atoms with van der Waals surface area (Å²) in [4.78, 5) is 0. The Morgan fingerprint density at radius 1 is 1.35 bits per heavy atom. The van der Waals surface area contributed by atoms with Crippen molar-refractivity contribution in [2.45, 2.75) is 12.5 Å². The average molecular weight is 264 g/mol. The molecule has 0 bridgehead atoms. The molecule has 1 aliphatic rings. The van der Waals surface area contributed by atoms with Crippen LogP contribution < -0.4 is 0 Å². The highest BCUT2D eigenvalue weighted by atomic mass is 32.2. The van der Waals surface area contributed by atoms with E-state index in [-0.39, 0.29) is 17.6 Å². The lowest BCUT2D eigenvalue weighted by Gasteiger charge is -2.34. The Morgan fingerprint density at radius 3 is 2.47 bits per heavy atom. The van der Waals surface area contributed by atoms with Crippen molar-refractivity contribution in [2.75, 3.05) is 33.2 Å². The van der Waals surface area contributed by atoms with Crippen LogP contribution in [0.2, 0.25) is 0 Å². The van der Waals surface area contributed by atoms with Crippen LogP contribution in [0.1, 0.15) is 6.92 Å². The summed E-state index contributed by atoms with van der Waals surface area (Å²) >= 11 is 0. The summed E-state index contributed by atoms with van der Waals surface area (Å²) in [5.41, 5.74) is -1.32. The molecule has 0 amide bonds. The molecule has 0 fully saturated rings. The van der Waals surface area contributed by atoms with Crippen LogP contribution in [0.4, 0.5) is 0 Å². The molecule has 6 heteroatoms. The molecule has 0 aromatic heterocycles. The second kappa shape index (κ2) is 5.48. The molecule has 0 spiro atoms. The second-order valence-electron chi connectivity index (χ2n) is 4.67. The van der Waals surface area contributed by atoms with Crippen LogP contribution in [-0.2, 0) is 19.3 Å². The van der Waals surface area contributed by atoms with E-state index >= 15 is 0 Å². The van der Waals surface area contributed by atoms with Crippen LogP contribution in [0.5, 0.6) is 0 Å². The smallest absolute Gasteiger partial charge is 0.174 e. The van der Waals surface area contributed by atoms with Gasteiger partial charge in [-0.2, -0.15) is 0 Å². The number of methoxy groups -OCH3 is 2. The van der Waals surface area contributed by atoms with Gasteiger partial charge in [-0.15, -0.1) is 0 Å². The van der Waals surface area contributed by atoms with Gasteiger partial charge in [-0.25, -0.2) is 8.42 Å². The Labute approximate surface area is 102 Å². The van der Waals surface area contributed by atoms with Crippen molar-refractivity contribution < 1.29 is 23.0 Å². The molecule has 0 saturated heterocycles. The summed E-state index contributed by atoms with van der Waals surface area (Å²) in [5, 5.41) is 11.5. The van der Waals surface area contributed by atoms with Gasteiger partial charge in [0, 0.05) is 31.5 Å². The molecule has 0 aromatic rings. The van der Waals surface area contributed by atoms with Crippen molar-refractivity contribution >= 4 is 9.84 Å². The molecule has 0 radical (unpaired) electrons. The molecule has 0 unspecified atom stereocenters. The molecule has 1 rings (SSSR count). The zero-order chi connectivity index (χ0) is 13.1. The van der Waals surface area contributed by atoms with Gasteiger partial charge in [0.25, 0.3) is 0 Å². The molecule has 17 heavy (non-hydrogen) atoms. The summed E-state index contributed by atoms with van der Waals surface area (Å²) in [6, 6.07) is 0. The first-order valence-electron chi connectivity index (χ1n) is 5.43. The van der Waals surface area contributed by atoms with E-state index in [1.807, 2.05) is 0 Å². The minimum absolute atomic E-state index is 0.174. The molecule has 0 saturated carbocycles. The number of ether oxygens (including phenoxy) is 2. The first-order chi connectivity index (χ1) is 7.82. The van der Waals surface area contributed by atoms with E-state index in [9.17, 15) is 13.5 Å². The summed E-state index contributed by atoms with van der Waals surface area (Å²) < 4.78 is 33.4. The molecule has 100 valence electrons. The average Bonchev–Trinajstić information content (AvgIpc) is 2.26. The molecule has 0 aromatic carbocycles. The SMILES string of the molecule is COC[C@@H]1[C@H](COC)C=CS(=O)(=O)C[C@]1(C)O. The third kappa shape index (κ3) is 3.77. The fourth-order valence-corrected chi connectivity index (χ4v) is 3.79. The lowest BCUT2D eigenvalue weighted by atomic mass is 9.81. The third-order valence-electron chi connectivity index (χ3n) is 3.05. The number of hydrogen-bond donors (Lipinski definition) is 1. The van der Waals surface area contributed by atoms with Crippen LogP contribution in [0.15, 0.2) is 11.5 Å². The standard InChI is InChI=1S/C11H20O5S/c1-11(12)8-17(13,14)5-4-9(6-15-2)10(11)7-16-3/h4-5,9-10,12H,6-8H2,1-3H3/t9-,10+,11-/m0/s1. The maximum absolute atomic E-state index is 11.7. The fraction of sp³-hybridized carbons (Fsp3) is 0.818. The van der Waals surface area contributed by atoms with Crippen molar-refractivity contribution in [1.29, 1.82) is 0 Å². The van der Waals surface area contributed by atoms with Crippen LogP contribution in [0, 0.1) is 11.8 Å². The van der Waals surface area contributed by atoms with E-state index in [1.165, 1.54) is 19.4 Å². The van der Waals surface area contributed by atoms with Gasteiger partial charge in [0.05, 0.1) is 24.6 Å². The molecule has 1 heterocycles. The largest absolute Gasteiger partial charge is 0.389 e. The van der Waals surface area contributed by atoms with Crippen molar-refractivity contribution in [3.63, 3.8) is 0 Å². The number of hydrogen-bond acceptors (Lipinski definition) is 5. The molecule has 3 atom stereocenters. The highest BCUT2D eigenvalue weighted by molar-refractivity contribution is 7.94. The first kappa shape index (κ1) is 14.6. The monoisotopic (exact) mass is 264 g/mol. The lowest BCUT2D eigenvalue weighted by molar-refractivity contribution is -0.0455. The van der Waals surface area contributed by atoms with E-state index in [1.54, 1.807) is 13.2 Å². The van der Waals surface area contributed by atoms with Crippen LogP contribution >= 0.6 is 0 Å². The van der Waals surface area contributed by atoms with E-state index < -0.39 is 15.4 Å². The Bertz CT molecular complexity index is 371. The summed E-state index contributed by atoms with van der Waals surface area (Å²) in [6.07, 6.45) is 1.59. The van der Waals surface area contributed by atoms with Gasteiger partial charge in [0.2, 0.25) is 0 Å². The van der Waals surface area contributed by atoms with E-state index in [4.69, 9.17) is 9.47 Å². The Balaban J connectivity index is 3.07. The van der Waals surface area contributed by atoms with Crippen molar-refractivity contribution in [2.24, 2.45) is 11.8 Å². The fourth-order valence-electron chi connectivity index (χ4n) is 2.23. The highest BCUT2D eigenvalue weighted by Gasteiger charge is 2.41. The molecular formula is C11H20O5S. The van der Waals surface area contributed by atoms with Gasteiger partial charge in [-0.3, -0.25) is 0 Å². The minimum Gasteiger partial charge on any atom is -0.389 e. The van der Waals surface area contributed by atoms with Gasteiger partial charge < -0.3 is 14.6 Å². The first-order valence-corrected chi connectivity index (χ1v) is 7.15. The van der Waals surface area contributed by atoms with Gasteiger partial charge in [0.1, 0.15) is 0 Å². The number of rotatable bonds is 4. The zero-order valence-electron chi connectivity index (χ0n) is 10.4. The Hall–Kier alpha value is -0.430.